The number of benzene rings is 1. The molecule has 1 fully saturated rings. The zero-order valence-corrected chi connectivity index (χ0v) is 16.2. The molecule has 7 nitrogen and oxygen atoms in total. The summed E-state index contributed by atoms with van der Waals surface area (Å²) >= 11 is 0. The van der Waals surface area contributed by atoms with E-state index in [1.165, 1.54) is 16.8 Å². The van der Waals surface area contributed by atoms with E-state index in [9.17, 15) is 9.18 Å². The number of aryl methyl sites for hydroxylation is 1. The van der Waals surface area contributed by atoms with Crippen LogP contribution in [0.2, 0.25) is 0 Å². The van der Waals surface area contributed by atoms with Gasteiger partial charge in [-0.2, -0.15) is 5.10 Å². The Morgan fingerprint density at radius 2 is 1.93 bits per heavy atom. The number of rotatable bonds is 6. The third kappa shape index (κ3) is 4.55. The number of aromatic nitrogens is 2. The largest absolute Gasteiger partial charge is 0.460 e. The maximum atomic E-state index is 13.3. The van der Waals surface area contributed by atoms with Crippen molar-refractivity contribution in [2.75, 3.05) is 39.4 Å². The van der Waals surface area contributed by atoms with Gasteiger partial charge in [0.15, 0.2) is 5.76 Å². The van der Waals surface area contributed by atoms with Crippen molar-refractivity contribution < 1.29 is 18.3 Å². The van der Waals surface area contributed by atoms with Gasteiger partial charge in [0, 0.05) is 32.2 Å². The van der Waals surface area contributed by atoms with E-state index in [2.05, 4.69) is 15.3 Å². The highest BCUT2D eigenvalue weighted by Crippen LogP contribution is 2.24. The molecule has 4 rings (SSSR count). The Balaban J connectivity index is 1.55. The molecule has 2 aromatic heterocycles. The van der Waals surface area contributed by atoms with Crippen LogP contribution in [-0.4, -0.2) is 60.0 Å². The first-order valence-electron chi connectivity index (χ1n) is 9.61. The third-order valence-electron chi connectivity index (χ3n) is 4.82. The monoisotopic (exact) mass is 398 g/mol. The quantitative estimate of drug-likeness (QED) is 0.691. The second-order valence-electron chi connectivity index (χ2n) is 6.92. The molecule has 1 aliphatic rings. The van der Waals surface area contributed by atoms with E-state index in [1.54, 1.807) is 18.2 Å². The molecule has 0 spiro atoms. The lowest BCUT2D eigenvalue weighted by molar-refractivity contribution is 0.0383. The first-order valence-corrected chi connectivity index (χ1v) is 9.61. The molecule has 1 saturated heterocycles. The Labute approximate surface area is 168 Å². The van der Waals surface area contributed by atoms with Gasteiger partial charge in [-0.25, -0.2) is 9.07 Å². The standard InChI is InChI=1S/C21H23FN4O3/c1-15-2-7-20(29-15)18-14-19(26(24-18)17-5-3-16(22)4-6-17)21(27)23-8-9-25-10-12-28-13-11-25/h2-7,14H,8-13H2,1H3,(H,23,27). The first kappa shape index (κ1) is 19.4. The highest BCUT2D eigenvalue weighted by atomic mass is 19.1. The molecule has 0 bridgehead atoms. The van der Waals surface area contributed by atoms with Gasteiger partial charge in [-0.05, 0) is 43.3 Å². The smallest absolute Gasteiger partial charge is 0.270 e. The van der Waals surface area contributed by atoms with Gasteiger partial charge in [-0.3, -0.25) is 9.69 Å². The van der Waals surface area contributed by atoms with Crippen LogP contribution in [0.25, 0.3) is 17.1 Å². The minimum Gasteiger partial charge on any atom is -0.460 e. The molecule has 0 atom stereocenters. The predicted octanol–water partition coefficient (Wildman–Crippen LogP) is 2.64. The predicted molar refractivity (Wildman–Crippen MR) is 106 cm³/mol. The van der Waals surface area contributed by atoms with Crippen LogP contribution in [0.5, 0.6) is 0 Å². The average molecular weight is 398 g/mol. The number of nitrogens with one attached hydrogen (secondary N) is 1. The lowest BCUT2D eigenvalue weighted by Gasteiger charge is -2.26. The minimum absolute atomic E-state index is 0.246. The van der Waals surface area contributed by atoms with Crippen molar-refractivity contribution in [2.45, 2.75) is 6.92 Å². The normalized spacial score (nSPS) is 14.8. The maximum absolute atomic E-state index is 13.3. The number of carbonyl (C=O) groups is 1. The van der Waals surface area contributed by atoms with Crippen LogP contribution in [0.1, 0.15) is 16.2 Å². The van der Waals surface area contributed by atoms with Crippen molar-refractivity contribution in [1.29, 1.82) is 0 Å². The summed E-state index contributed by atoms with van der Waals surface area (Å²) in [5.41, 5.74) is 1.50. The summed E-state index contributed by atoms with van der Waals surface area (Å²) in [4.78, 5) is 15.1. The van der Waals surface area contributed by atoms with E-state index in [1.807, 2.05) is 19.1 Å². The van der Waals surface area contributed by atoms with Gasteiger partial charge in [-0.1, -0.05) is 0 Å². The molecule has 3 aromatic rings. The van der Waals surface area contributed by atoms with Gasteiger partial charge >= 0.3 is 0 Å². The molecule has 1 N–H and O–H groups in total. The third-order valence-corrected chi connectivity index (χ3v) is 4.82. The zero-order chi connectivity index (χ0) is 20.2. The van der Waals surface area contributed by atoms with Crippen molar-refractivity contribution in [3.05, 3.63) is 59.7 Å². The summed E-state index contributed by atoms with van der Waals surface area (Å²) in [5.74, 6) is 0.738. The number of ether oxygens (including phenoxy) is 1. The van der Waals surface area contributed by atoms with Gasteiger partial charge in [0.25, 0.3) is 5.91 Å². The minimum atomic E-state index is -0.348. The number of halogens is 1. The Bertz CT molecular complexity index is 974. The highest BCUT2D eigenvalue weighted by molar-refractivity contribution is 5.94. The van der Waals surface area contributed by atoms with Crippen LogP contribution < -0.4 is 5.32 Å². The molecule has 0 saturated carbocycles. The maximum Gasteiger partial charge on any atom is 0.270 e. The summed E-state index contributed by atoms with van der Waals surface area (Å²) in [5, 5.41) is 7.48. The van der Waals surface area contributed by atoms with Crippen molar-refractivity contribution in [3.63, 3.8) is 0 Å². The Kier molecular flexibility index (Phi) is 5.73. The number of hydrogen-bond donors (Lipinski definition) is 1. The van der Waals surface area contributed by atoms with Crippen molar-refractivity contribution >= 4 is 5.91 Å². The molecule has 29 heavy (non-hydrogen) atoms. The lowest BCUT2D eigenvalue weighted by atomic mass is 10.2. The summed E-state index contributed by atoms with van der Waals surface area (Å²) in [6, 6.07) is 11.2. The zero-order valence-electron chi connectivity index (χ0n) is 16.2. The summed E-state index contributed by atoms with van der Waals surface area (Å²) in [6.07, 6.45) is 0. The summed E-state index contributed by atoms with van der Waals surface area (Å²) in [7, 11) is 0. The summed E-state index contributed by atoms with van der Waals surface area (Å²) in [6.45, 7) is 6.29. The van der Waals surface area contributed by atoms with Gasteiger partial charge in [0.1, 0.15) is 23.0 Å². The number of nitrogens with zero attached hydrogens (tertiary/aromatic N) is 3. The Morgan fingerprint density at radius 3 is 2.62 bits per heavy atom. The molecule has 0 radical (unpaired) electrons. The fourth-order valence-electron chi connectivity index (χ4n) is 3.26. The van der Waals surface area contributed by atoms with Gasteiger partial charge in [0.2, 0.25) is 0 Å². The van der Waals surface area contributed by atoms with Gasteiger partial charge in [-0.15, -0.1) is 0 Å². The lowest BCUT2D eigenvalue weighted by Crippen LogP contribution is -2.41. The molecule has 1 aliphatic heterocycles. The van der Waals surface area contributed by atoms with Gasteiger partial charge in [0.05, 0.1) is 18.9 Å². The van der Waals surface area contributed by atoms with Crippen LogP contribution in [-0.2, 0) is 4.74 Å². The molecule has 0 unspecified atom stereocenters. The Morgan fingerprint density at radius 1 is 1.17 bits per heavy atom. The molecular formula is C21H23FN4O3. The Hall–Kier alpha value is -2.97. The van der Waals surface area contributed by atoms with E-state index in [0.717, 1.165) is 38.6 Å². The molecule has 152 valence electrons. The fraction of sp³-hybridized carbons (Fsp3) is 0.333. The van der Waals surface area contributed by atoms with Gasteiger partial charge < -0.3 is 14.5 Å². The SMILES string of the molecule is Cc1ccc(-c2cc(C(=O)NCCN3CCOCC3)n(-c3ccc(F)cc3)n2)o1. The summed E-state index contributed by atoms with van der Waals surface area (Å²) < 4.78 is 25.8. The number of amides is 1. The number of morpholine rings is 1. The van der Waals surface area contributed by atoms with Crippen molar-refractivity contribution in [2.24, 2.45) is 0 Å². The topological polar surface area (TPSA) is 72.5 Å². The van der Waals surface area contributed by atoms with E-state index in [0.29, 0.717) is 29.4 Å². The van der Waals surface area contributed by atoms with Crippen LogP contribution in [0.3, 0.4) is 0 Å². The number of carbonyl (C=O) groups excluding carboxylic acids is 1. The number of furan rings is 1. The molecule has 1 aromatic carbocycles. The molecule has 1 amide bonds. The molecular weight excluding hydrogens is 375 g/mol. The van der Waals surface area contributed by atoms with E-state index in [-0.39, 0.29) is 11.7 Å². The first-order chi connectivity index (χ1) is 14.1. The van der Waals surface area contributed by atoms with E-state index < -0.39 is 0 Å². The number of hydrogen-bond acceptors (Lipinski definition) is 5. The van der Waals surface area contributed by atoms with Crippen LogP contribution in [0, 0.1) is 12.7 Å². The van der Waals surface area contributed by atoms with E-state index >= 15 is 0 Å². The van der Waals surface area contributed by atoms with Crippen LogP contribution in [0.15, 0.2) is 46.9 Å². The van der Waals surface area contributed by atoms with E-state index in [4.69, 9.17) is 9.15 Å². The van der Waals surface area contributed by atoms with Crippen LogP contribution in [0.4, 0.5) is 4.39 Å². The average Bonchev–Trinajstić information content (AvgIpc) is 3.36. The van der Waals surface area contributed by atoms with Crippen molar-refractivity contribution in [3.8, 4) is 17.1 Å². The highest BCUT2D eigenvalue weighted by Gasteiger charge is 2.19. The molecule has 8 heteroatoms. The molecule has 3 heterocycles. The second-order valence-corrected chi connectivity index (χ2v) is 6.92. The second kappa shape index (κ2) is 8.59. The fourth-order valence-corrected chi connectivity index (χ4v) is 3.26. The molecule has 0 aliphatic carbocycles. The van der Waals surface area contributed by atoms with Crippen LogP contribution >= 0.6 is 0 Å². The van der Waals surface area contributed by atoms with Crippen molar-refractivity contribution in [1.82, 2.24) is 20.0 Å².